The number of hydrogen-bond donors (Lipinski definition) is 1. The molecule has 0 radical (unpaired) electrons. The van der Waals surface area contributed by atoms with Crippen molar-refractivity contribution in [1.82, 2.24) is 9.80 Å². The largest absolute Gasteiger partial charge is 0.482 e. The molecule has 10 heteroatoms. The van der Waals surface area contributed by atoms with E-state index >= 15 is 0 Å². The summed E-state index contributed by atoms with van der Waals surface area (Å²) in [4.78, 5) is 28.3. The second kappa shape index (κ2) is 11.7. The number of methoxy groups -OCH3 is 1. The third kappa shape index (κ3) is 7.51. The van der Waals surface area contributed by atoms with Crippen LogP contribution in [-0.4, -0.2) is 88.0 Å². The first-order valence-corrected chi connectivity index (χ1v) is 13.2. The third-order valence-corrected chi connectivity index (χ3v) is 7.30. The molecule has 190 valence electrons. The number of benzene rings is 2. The van der Waals surface area contributed by atoms with Gasteiger partial charge in [-0.3, -0.25) is 9.69 Å². The lowest BCUT2D eigenvalue weighted by Gasteiger charge is -2.32. The smallest absolute Gasteiger partial charge is 0.341 e. The van der Waals surface area contributed by atoms with Gasteiger partial charge in [0.05, 0.1) is 23.5 Å². The molecule has 0 spiro atoms. The standard InChI is InChI=1S/C25H32N2O7S/c1-26(24(28)13-18-7-9-22(10-8-18)35(3,31)32)23(16-27-12-11-21(15-27)33-2)19-5-4-6-20(14-19)34-17-25(29)30/h4-10,14,21,23H,11-13,15-17H2,1-3H3,(H,29,30)/t21-,23+/m0/s1. The second-order valence-corrected chi connectivity index (χ2v) is 10.8. The summed E-state index contributed by atoms with van der Waals surface area (Å²) in [5, 5.41) is 8.92. The normalized spacial score (nSPS) is 17.2. The van der Waals surface area contributed by atoms with Crippen LogP contribution in [0.25, 0.3) is 0 Å². The van der Waals surface area contributed by atoms with E-state index < -0.39 is 22.4 Å². The highest BCUT2D eigenvalue weighted by Gasteiger charge is 2.29. The highest BCUT2D eigenvalue weighted by molar-refractivity contribution is 7.90. The number of sulfone groups is 1. The molecule has 1 aliphatic rings. The summed E-state index contributed by atoms with van der Waals surface area (Å²) < 4.78 is 34.3. The van der Waals surface area contributed by atoms with Crippen molar-refractivity contribution in [3.05, 3.63) is 59.7 Å². The van der Waals surface area contributed by atoms with Crippen molar-refractivity contribution in [2.24, 2.45) is 0 Å². The zero-order valence-electron chi connectivity index (χ0n) is 20.2. The lowest BCUT2D eigenvalue weighted by atomic mass is 10.0. The Balaban J connectivity index is 1.80. The Hall–Kier alpha value is -2.95. The number of likely N-dealkylation sites (tertiary alicyclic amines) is 1. The number of ether oxygens (including phenoxy) is 2. The molecule has 2 aromatic carbocycles. The lowest BCUT2D eigenvalue weighted by Crippen LogP contribution is -2.39. The van der Waals surface area contributed by atoms with Gasteiger partial charge in [0.25, 0.3) is 0 Å². The third-order valence-electron chi connectivity index (χ3n) is 6.17. The number of carbonyl (C=O) groups is 2. The number of aliphatic carboxylic acids is 1. The summed E-state index contributed by atoms with van der Waals surface area (Å²) in [6, 6.07) is 13.1. The zero-order valence-corrected chi connectivity index (χ0v) is 21.0. The Bertz CT molecular complexity index is 1130. The van der Waals surface area contributed by atoms with Gasteiger partial charge < -0.3 is 19.5 Å². The summed E-state index contributed by atoms with van der Waals surface area (Å²) in [7, 11) is 0.129. The van der Waals surface area contributed by atoms with Crippen molar-refractivity contribution in [3.8, 4) is 5.75 Å². The molecule has 1 amide bonds. The maximum absolute atomic E-state index is 13.3. The number of carboxylic acids is 1. The molecular formula is C25H32N2O7S. The van der Waals surface area contributed by atoms with Gasteiger partial charge in [0.2, 0.25) is 5.91 Å². The summed E-state index contributed by atoms with van der Waals surface area (Å²) in [5.74, 6) is -0.770. The molecule has 0 aliphatic carbocycles. The molecule has 2 aromatic rings. The van der Waals surface area contributed by atoms with Crippen molar-refractivity contribution in [1.29, 1.82) is 0 Å². The Labute approximate surface area is 206 Å². The Morgan fingerprint density at radius 2 is 1.91 bits per heavy atom. The van der Waals surface area contributed by atoms with Crippen LogP contribution in [0.2, 0.25) is 0 Å². The van der Waals surface area contributed by atoms with Crippen LogP contribution in [-0.2, 0) is 30.6 Å². The van der Waals surface area contributed by atoms with Gasteiger partial charge in [-0.05, 0) is 41.8 Å². The predicted octanol–water partition coefficient (Wildman–Crippen LogP) is 2.02. The monoisotopic (exact) mass is 504 g/mol. The molecular weight excluding hydrogens is 472 g/mol. The Morgan fingerprint density at radius 3 is 2.51 bits per heavy atom. The molecule has 1 aliphatic heterocycles. The van der Waals surface area contributed by atoms with Crippen LogP contribution in [0.1, 0.15) is 23.6 Å². The fourth-order valence-electron chi connectivity index (χ4n) is 4.14. The van der Waals surface area contributed by atoms with E-state index in [0.29, 0.717) is 17.9 Å². The number of hydrogen-bond acceptors (Lipinski definition) is 7. The highest BCUT2D eigenvalue weighted by Crippen LogP contribution is 2.27. The van der Waals surface area contributed by atoms with E-state index in [1.165, 1.54) is 12.1 Å². The van der Waals surface area contributed by atoms with Crippen LogP contribution in [0, 0.1) is 0 Å². The molecule has 0 aromatic heterocycles. The molecule has 2 atom stereocenters. The SMILES string of the molecule is CO[C@H]1CCN(C[C@H](c2cccc(OCC(=O)O)c2)N(C)C(=O)Cc2ccc(S(C)(=O)=O)cc2)C1. The van der Waals surface area contributed by atoms with Crippen LogP contribution in [0.4, 0.5) is 0 Å². The van der Waals surface area contributed by atoms with E-state index in [4.69, 9.17) is 14.6 Å². The van der Waals surface area contributed by atoms with Crippen LogP contribution in [0.15, 0.2) is 53.4 Å². The zero-order chi connectivity index (χ0) is 25.6. The Morgan fingerprint density at radius 1 is 1.20 bits per heavy atom. The van der Waals surface area contributed by atoms with Gasteiger partial charge in [-0.15, -0.1) is 0 Å². The van der Waals surface area contributed by atoms with Gasteiger partial charge in [-0.25, -0.2) is 13.2 Å². The van der Waals surface area contributed by atoms with E-state index in [9.17, 15) is 18.0 Å². The molecule has 1 heterocycles. The number of likely N-dealkylation sites (N-methyl/N-ethyl adjacent to an activating group) is 1. The van der Waals surface area contributed by atoms with Gasteiger partial charge in [0.15, 0.2) is 16.4 Å². The second-order valence-electron chi connectivity index (χ2n) is 8.77. The first-order valence-electron chi connectivity index (χ1n) is 11.3. The number of amides is 1. The maximum Gasteiger partial charge on any atom is 0.341 e. The van der Waals surface area contributed by atoms with Gasteiger partial charge >= 0.3 is 5.97 Å². The first-order chi connectivity index (χ1) is 16.6. The summed E-state index contributed by atoms with van der Waals surface area (Å²) in [5.41, 5.74) is 1.55. The van der Waals surface area contributed by atoms with E-state index in [1.807, 2.05) is 6.07 Å². The number of carbonyl (C=O) groups excluding carboxylic acids is 1. The van der Waals surface area contributed by atoms with E-state index in [-0.39, 0.29) is 29.4 Å². The molecule has 1 N–H and O–H groups in total. The summed E-state index contributed by atoms with van der Waals surface area (Å²) in [6.07, 6.45) is 2.32. The molecule has 3 rings (SSSR count). The van der Waals surface area contributed by atoms with Crippen LogP contribution >= 0.6 is 0 Å². The Kier molecular flexibility index (Phi) is 8.87. The van der Waals surface area contributed by atoms with Crippen molar-refractivity contribution >= 4 is 21.7 Å². The minimum absolute atomic E-state index is 0.118. The number of nitrogens with zero attached hydrogens (tertiary/aromatic N) is 2. The van der Waals surface area contributed by atoms with Crippen molar-refractivity contribution < 1.29 is 32.6 Å². The van der Waals surface area contributed by atoms with Crippen molar-refractivity contribution in [2.75, 3.05) is 46.7 Å². The molecule has 0 saturated carbocycles. The fraction of sp³-hybridized carbons (Fsp3) is 0.440. The van der Waals surface area contributed by atoms with Crippen LogP contribution < -0.4 is 4.74 Å². The van der Waals surface area contributed by atoms with Crippen molar-refractivity contribution in [3.63, 3.8) is 0 Å². The molecule has 1 saturated heterocycles. The molecule has 0 bridgehead atoms. The lowest BCUT2D eigenvalue weighted by molar-refractivity contribution is -0.139. The van der Waals surface area contributed by atoms with Gasteiger partial charge in [0.1, 0.15) is 5.75 Å². The summed E-state index contributed by atoms with van der Waals surface area (Å²) in [6.45, 7) is 1.74. The quantitative estimate of drug-likeness (QED) is 0.495. The van der Waals surface area contributed by atoms with Crippen molar-refractivity contribution in [2.45, 2.75) is 29.9 Å². The molecule has 0 unspecified atom stereocenters. The summed E-state index contributed by atoms with van der Waals surface area (Å²) >= 11 is 0. The minimum Gasteiger partial charge on any atom is -0.482 e. The van der Waals surface area contributed by atoms with E-state index in [2.05, 4.69) is 4.90 Å². The maximum atomic E-state index is 13.3. The topological polar surface area (TPSA) is 113 Å². The van der Waals surface area contributed by atoms with E-state index in [0.717, 1.165) is 31.3 Å². The van der Waals surface area contributed by atoms with Gasteiger partial charge in [0, 0.05) is 40.0 Å². The molecule has 9 nitrogen and oxygen atoms in total. The number of rotatable bonds is 11. The highest BCUT2D eigenvalue weighted by atomic mass is 32.2. The average Bonchev–Trinajstić information content (AvgIpc) is 3.28. The number of carboxylic acid groups (broad SMARTS) is 1. The molecule has 35 heavy (non-hydrogen) atoms. The minimum atomic E-state index is -3.31. The van der Waals surface area contributed by atoms with Gasteiger partial charge in [-0.1, -0.05) is 24.3 Å². The fourth-order valence-corrected chi connectivity index (χ4v) is 4.77. The first kappa shape index (κ1) is 26.7. The van der Waals surface area contributed by atoms with Crippen LogP contribution in [0.5, 0.6) is 5.75 Å². The van der Waals surface area contributed by atoms with E-state index in [1.54, 1.807) is 49.4 Å². The predicted molar refractivity (Wildman–Crippen MR) is 130 cm³/mol. The van der Waals surface area contributed by atoms with Crippen LogP contribution in [0.3, 0.4) is 0 Å². The molecule has 1 fully saturated rings. The average molecular weight is 505 g/mol. The van der Waals surface area contributed by atoms with Gasteiger partial charge in [-0.2, -0.15) is 0 Å².